The number of hydrogen-bond donors (Lipinski definition) is 1. The summed E-state index contributed by atoms with van der Waals surface area (Å²) in [4.78, 5) is 36.7. The Morgan fingerprint density at radius 1 is 1.27 bits per heavy atom. The minimum atomic E-state index is -0.701. The van der Waals surface area contributed by atoms with Crippen molar-refractivity contribution in [2.24, 2.45) is 0 Å². The van der Waals surface area contributed by atoms with Gasteiger partial charge in [-0.05, 0) is 50.3 Å². The molecule has 0 radical (unpaired) electrons. The van der Waals surface area contributed by atoms with E-state index in [1.54, 1.807) is 26.1 Å². The SMILES string of the molecule is CC1=C(C(=O)OC2CCCC2)C(c2ccc([N+](=O)[O-])cc2)NC(=O)N1C. The molecule has 26 heavy (non-hydrogen) atoms. The average molecular weight is 359 g/mol. The highest BCUT2D eigenvalue weighted by Crippen LogP contribution is 2.33. The van der Waals surface area contributed by atoms with Gasteiger partial charge in [-0.15, -0.1) is 0 Å². The maximum absolute atomic E-state index is 12.8. The van der Waals surface area contributed by atoms with E-state index in [1.807, 2.05) is 0 Å². The highest BCUT2D eigenvalue weighted by Gasteiger charge is 2.36. The largest absolute Gasteiger partial charge is 0.459 e. The van der Waals surface area contributed by atoms with E-state index in [2.05, 4.69) is 5.32 Å². The van der Waals surface area contributed by atoms with Crippen molar-refractivity contribution in [3.8, 4) is 0 Å². The number of non-ortho nitro benzene ring substituents is 1. The predicted molar refractivity (Wildman–Crippen MR) is 93.2 cm³/mol. The topological polar surface area (TPSA) is 102 Å². The van der Waals surface area contributed by atoms with Crippen LogP contribution in [0.1, 0.15) is 44.2 Å². The second-order valence-corrected chi connectivity index (χ2v) is 6.60. The van der Waals surface area contributed by atoms with Gasteiger partial charge >= 0.3 is 12.0 Å². The number of nitrogens with zero attached hydrogens (tertiary/aromatic N) is 2. The zero-order valence-electron chi connectivity index (χ0n) is 14.7. The van der Waals surface area contributed by atoms with Crippen LogP contribution in [-0.2, 0) is 9.53 Å². The molecule has 1 atom stereocenters. The second-order valence-electron chi connectivity index (χ2n) is 6.60. The maximum atomic E-state index is 12.8. The highest BCUT2D eigenvalue weighted by atomic mass is 16.6. The first-order valence-corrected chi connectivity index (χ1v) is 8.59. The summed E-state index contributed by atoms with van der Waals surface area (Å²) in [6.45, 7) is 1.70. The number of allylic oxidation sites excluding steroid dienone is 1. The number of nitrogens with one attached hydrogen (secondary N) is 1. The Hall–Kier alpha value is -2.90. The van der Waals surface area contributed by atoms with Gasteiger partial charge in [-0.3, -0.25) is 10.1 Å². The van der Waals surface area contributed by atoms with Gasteiger partial charge in [0, 0.05) is 24.9 Å². The maximum Gasteiger partial charge on any atom is 0.338 e. The van der Waals surface area contributed by atoms with Gasteiger partial charge in [-0.25, -0.2) is 9.59 Å². The molecule has 0 saturated heterocycles. The van der Waals surface area contributed by atoms with Crippen molar-refractivity contribution in [1.29, 1.82) is 0 Å². The number of amides is 2. The van der Waals surface area contributed by atoms with Gasteiger partial charge in [0.15, 0.2) is 0 Å². The molecule has 8 heteroatoms. The molecule has 1 heterocycles. The number of urea groups is 1. The molecule has 2 aliphatic rings. The zero-order chi connectivity index (χ0) is 18.8. The molecule has 1 N–H and O–H groups in total. The Morgan fingerprint density at radius 2 is 1.88 bits per heavy atom. The minimum Gasteiger partial charge on any atom is -0.459 e. The summed E-state index contributed by atoms with van der Waals surface area (Å²) >= 11 is 0. The van der Waals surface area contributed by atoms with Gasteiger partial charge in [0.1, 0.15) is 6.10 Å². The summed E-state index contributed by atoms with van der Waals surface area (Å²) in [5.41, 5.74) is 1.41. The number of carbonyl (C=O) groups is 2. The van der Waals surface area contributed by atoms with E-state index in [-0.39, 0.29) is 17.8 Å². The third-order valence-corrected chi connectivity index (χ3v) is 4.99. The van der Waals surface area contributed by atoms with E-state index < -0.39 is 16.9 Å². The van der Waals surface area contributed by atoms with Crippen LogP contribution in [0.25, 0.3) is 0 Å². The van der Waals surface area contributed by atoms with Crippen molar-refractivity contribution in [3.63, 3.8) is 0 Å². The van der Waals surface area contributed by atoms with Gasteiger partial charge in [0.25, 0.3) is 5.69 Å². The van der Waals surface area contributed by atoms with Crippen LogP contribution in [-0.4, -0.2) is 35.0 Å². The molecule has 1 aliphatic carbocycles. The van der Waals surface area contributed by atoms with E-state index in [4.69, 9.17) is 4.74 Å². The fourth-order valence-electron chi connectivity index (χ4n) is 3.36. The van der Waals surface area contributed by atoms with E-state index in [1.165, 1.54) is 17.0 Å². The van der Waals surface area contributed by atoms with Gasteiger partial charge in [-0.2, -0.15) is 0 Å². The molecule has 1 fully saturated rings. The van der Waals surface area contributed by atoms with Gasteiger partial charge < -0.3 is 15.0 Å². The molecule has 0 spiro atoms. The number of rotatable bonds is 4. The molecule has 2 amide bonds. The predicted octanol–water partition coefficient (Wildman–Crippen LogP) is 3.05. The first-order valence-electron chi connectivity index (χ1n) is 8.59. The van der Waals surface area contributed by atoms with Crippen LogP contribution in [0.2, 0.25) is 0 Å². The Labute approximate surface area is 151 Å². The van der Waals surface area contributed by atoms with Crippen LogP contribution in [0.15, 0.2) is 35.5 Å². The van der Waals surface area contributed by atoms with Crippen LogP contribution in [0.3, 0.4) is 0 Å². The lowest BCUT2D eigenvalue weighted by atomic mass is 9.95. The van der Waals surface area contributed by atoms with Gasteiger partial charge in [0.05, 0.1) is 16.5 Å². The lowest BCUT2D eigenvalue weighted by Gasteiger charge is -2.33. The molecular formula is C18H21N3O5. The van der Waals surface area contributed by atoms with Crippen molar-refractivity contribution in [1.82, 2.24) is 10.2 Å². The number of carbonyl (C=O) groups excluding carboxylic acids is 2. The standard InChI is InChI=1S/C18H21N3O5/c1-11-15(17(22)26-14-5-3-4-6-14)16(19-18(23)20(11)2)12-7-9-13(10-8-12)21(24)25/h7-10,14,16H,3-6H2,1-2H3,(H,19,23). The zero-order valence-corrected chi connectivity index (χ0v) is 14.7. The Balaban J connectivity index is 1.93. The van der Waals surface area contributed by atoms with E-state index in [9.17, 15) is 19.7 Å². The fraction of sp³-hybridized carbons (Fsp3) is 0.444. The van der Waals surface area contributed by atoms with Crippen LogP contribution in [0, 0.1) is 10.1 Å². The third kappa shape index (κ3) is 3.40. The summed E-state index contributed by atoms with van der Waals surface area (Å²) < 4.78 is 5.64. The minimum absolute atomic E-state index is 0.0520. The summed E-state index contributed by atoms with van der Waals surface area (Å²) in [6, 6.07) is 4.76. The smallest absolute Gasteiger partial charge is 0.338 e. The first kappa shape index (κ1) is 17.9. The van der Waals surface area contributed by atoms with E-state index in [0.29, 0.717) is 16.8 Å². The molecule has 0 bridgehead atoms. The van der Waals surface area contributed by atoms with Gasteiger partial charge in [0.2, 0.25) is 0 Å². The third-order valence-electron chi connectivity index (χ3n) is 4.99. The molecule has 1 unspecified atom stereocenters. The molecule has 0 aromatic heterocycles. The first-order chi connectivity index (χ1) is 12.4. The normalized spacial score (nSPS) is 20.9. The number of hydrogen-bond acceptors (Lipinski definition) is 5. The number of nitro groups is 1. The summed E-state index contributed by atoms with van der Waals surface area (Å²) in [5, 5.41) is 13.6. The van der Waals surface area contributed by atoms with Crippen LogP contribution in [0.4, 0.5) is 10.5 Å². The number of benzene rings is 1. The van der Waals surface area contributed by atoms with Crippen LogP contribution in [0.5, 0.6) is 0 Å². The monoisotopic (exact) mass is 359 g/mol. The summed E-state index contributed by atoms with van der Waals surface area (Å²) in [7, 11) is 1.58. The Morgan fingerprint density at radius 3 is 2.46 bits per heavy atom. The highest BCUT2D eigenvalue weighted by molar-refractivity contribution is 5.95. The lowest BCUT2D eigenvalue weighted by Crippen LogP contribution is -2.46. The number of ether oxygens (including phenoxy) is 1. The Kier molecular flexibility index (Phi) is 4.92. The molecule has 1 aliphatic heterocycles. The molecule has 1 aromatic carbocycles. The summed E-state index contributed by atoms with van der Waals surface area (Å²) in [6.07, 6.45) is 3.69. The number of nitro benzene ring substituents is 1. The second kappa shape index (κ2) is 7.15. The molecule has 138 valence electrons. The van der Waals surface area contributed by atoms with Crippen molar-refractivity contribution >= 4 is 17.7 Å². The molecule has 1 saturated carbocycles. The Bertz CT molecular complexity index is 766. The van der Waals surface area contributed by atoms with Crippen molar-refractivity contribution in [3.05, 3.63) is 51.2 Å². The quantitative estimate of drug-likeness (QED) is 0.506. The molecule has 3 rings (SSSR count). The molecule has 8 nitrogen and oxygen atoms in total. The van der Waals surface area contributed by atoms with Crippen LogP contribution < -0.4 is 5.32 Å². The van der Waals surface area contributed by atoms with Crippen molar-refractivity contribution < 1.29 is 19.2 Å². The van der Waals surface area contributed by atoms with Crippen molar-refractivity contribution in [2.45, 2.75) is 44.8 Å². The van der Waals surface area contributed by atoms with E-state index >= 15 is 0 Å². The van der Waals surface area contributed by atoms with Crippen molar-refractivity contribution in [2.75, 3.05) is 7.05 Å². The summed E-state index contributed by atoms with van der Waals surface area (Å²) in [5.74, 6) is -0.454. The number of esters is 1. The fourth-order valence-corrected chi connectivity index (χ4v) is 3.36. The molecule has 1 aromatic rings. The van der Waals surface area contributed by atoms with Gasteiger partial charge in [-0.1, -0.05) is 0 Å². The molecular weight excluding hydrogens is 338 g/mol. The average Bonchev–Trinajstić information content (AvgIpc) is 3.12. The lowest BCUT2D eigenvalue weighted by molar-refractivity contribution is -0.384. The van der Waals surface area contributed by atoms with Crippen LogP contribution >= 0.6 is 0 Å². The van der Waals surface area contributed by atoms with E-state index in [0.717, 1.165) is 25.7 Å².